The summed E-state index contributed by atoms with van der Waals surface area (Å²) in [5, 5.41) is 10.0. The lowest BCUT2D eigenvalue weighted by molar-refractivity contribution is -0.0275. The molecule has 1 N–H and O–H groups in total. The van der Waals surface area contributed by atoms with Crippen LogP contribution in [0.25, 0.3) is 0 Å². The molecule has 0 radical (unpaired) electrons. The van der Waals surface area contributed by atoms with Gasteiger partial charge in [-0.1, -0.05) is 0 Å². The molecule has 114 valence electrons. The van der Waals surface area contributed by atoms with Crippen LogP contribution in [0.2, 0.25) is 0 Å². The molecule has 0 aliphatic carbocycles. The molecule has 0 spiro atoms. The predicted octanol–water partition coefficient (Wildman–Crippen LogP) is 1.66. The summed E-state index contributed by atoms with van der Waals surface area (Å²) in [6.45, 7) is 6.09. The van der Waals surface area contributed by atoms with Gasteiger partial charge in [0.25, 0.3) is 0 Å². The van der Waals surface area contributed by atoms with Crippen molar-refractivity contribution >= 4 is 0 Å². The Labute approximate surface area is 120 Å². The molecule has 1 fully saturated rings. The first-order chi connectivity index (χ1) is 9.78. The van der Waals surface area contributed by atoms with E-state index in [1.807, 2.05) is 19.1 Å². The van der Waals surface area contributed by atoms with Gasteiger partial charge in [0.15, 0.2) is 0 Å². The Hall–Kier alpha value is -0.880. The number of ether oxygens (including phenoxy) is 2. The van der Waals surface area contributed by atoms with Gasteiger partial charge in [0, 0.05) is 19.7 Å². The highest BCUT2D eigenvalue weighted by Gasteiger charge is 2.21. The zero-order chi connectivity index (χ0) is 14.2. The Balaban J connectivity index is 1.62. The van der Waals surface area contributed by atoms with E-state index in [4.69, 9.17) is 13.9 Å². The molecule has 2 rings (SSSR count). The Morgan fingerprint density at radius 3 is 3.20 bits per heavy atom. The zero-order valence-corrected chi connectivity index (χ0v) is 12.2. The first-order valence-corrected chi connectivity index (χ1v) is 7.40. The highest BCUT2D eigenvalue weighted by molar-refractivity contribution is 4.96. The van der Waals surface area contributed by atoms with Crippen molar-refractivity contribution < 1.29 is 19.0 Å². The van der Waals surface area contributed by atoms with Gasteiger partial charge in [-0.25, -0.2) is 0 Å². The summed E-state index contributed by atoms with van der Waals surface area (Å²) in [5.74, 6) is 0.784. The highest BCUT2D eigenvalue weighted by atomic mass is 16.5. The fourth-order valence-corrected chi connectivity index (χ4v) is 2.59. The van der Waals surface area contributed by atoms with E-state index in [-0.39, 0.29) is 0 Å². The smallest absolute Gasteiger partial charge is 0.129 e. The molecule has 0 bridgehead atoms. The van der Waals surface area contributed by atoms with Crippen LogP contribution < -0.4 is 0 Å². The quantitative estimate of drug-likeness (QED) is 0.786. The summed E-state index contributed by atoms with van der Waals surface area (Å²) < 4.78 is 16.3. The third kappa shape index (κ3) is 5.25. The highest BCUT2D eigenvalue weighted by Crippen LogP contribution is 2.13. The summed E-state index contributed by atoms with van der Waals surface area (Å²) in [4.78, 5) is 2.25. The van der Waals surface area contributed by atoms with Crippen molar-refractivity contribution in [2.75, 3.05) is 32.8 Å². The summed E-state index contributed by atoms with van der Waals surface area (Å²) in [6.07, 6.45) is 3.71. The van der Waals surface area contributed by atoms with Crippen LogP contribution >= 0.6 is 0 Å². The average Bonchev–Trinajstić information content (AvgIpc) is 2.93. The van der Waals surface area contributed by atoms with Crippen LogP contribution in [0.1, 0.15) is 25.5 Å². The van der Waals surface area contributed by atoms with E-state index in [0.717, 1.165) is 38.3 Å². The van der Waals surface area contributed by atoms with E-state index in [0.29, 0.717) is 25.9 Å². The van der Waals surface area contributed by atoms with Gasteiger partial charge in [-0.15, -0.1) is 0 Å². The number of rotatable bonds is 8. The third-order valence-electron chi connectivity index (χ3n) is 3.47. The van der Waals surface area contributed by atoms with Crippen LogP contribution in [-0.4, -0.2) is 55.1 Å². The number of piperidine rings is 1. The van der Waals surface area contributed by atoms with E-state index in [9.17, 15) is 5.11 Å². The second-order valence-corrected chi connectivity index (χ2v) is 5.23. The van der Waals surface area contributed by atoms with E-state index in [2.05, 4.69) is 4.90 Å². The maximum atomic E-state index is 10.0. The van der Waals surface area contributed by atoms with E-state index in [1.165, 1.54) is 0 Å². The van der Waals surface area contributed by atoms with Crippen molar-refractivity contribution in [1.29, 1.82) is 0 Å². The van der Waals surface area contributed by atoms with Crippen molar-refractivity contribution in [3.8, 4) is 0 Å². The van der Waals surface area contributed by atoms with Crippen molar-refractivity contribution in [3.63, 3.8) is 0 Å². The lowest BCUT2D eigenvalue weighted by Crippen LogP contribution is -2.44. The molecular weight excluding hydrogens is 258 g/mol. The fraction of sp³-hybridized carbons (Fsp3) is 0.733. The zero-order valence-electron chi connectivity index (χ0n) is 12.2. The number of aliphatic hydroxyl groups is 1. The summed E-state index contributed by atoms with van der Waals surface area (Å²) in [5.41, 5.74) is 0. The van der Waals surface area contributed by atoms with Crippen LogP contribution in [0, 0.1) is 0 Å². The van der Waals surface area contributed by atoms with Gasteiger partial charge in [0.2, 0.25) is 0 Å². The lowest BCUT2D eigenvalue weighted by Gasteiger charge is -2.33. The minimum atomic E-state index is -0.467. The SMILES string of the molecule is CCOC1CCCN(CC(O)COCc2ccco2)C1. The van der Waals surface area contributed by atoms with Gasteiger partial charge >= 0.3 is 0 Å². The van der Waals surface area contributed by atoms with Crippen molar-refractivity contribution in [2.24, 2.45) is 0 Å². The first-order valence-electron chi connectivity index (χ1n) is 7.40. The molecular formula is C15H25NO4. The Morgan fingerprint density at radius 2 is 2.45 bits per heavy atom. The number of hydrogen-bond donors (Lipinski definition) is 1. The number of furan rings is 1. The molecule has 5 heteroatoms. The van der Waals surface area contributed by atoms with Crippen LogP contribution in [0.3, 0.4) is 0 Å². The second-order valence-electron chi connectivity index (χ2n) is 5.23. The average molecular weight is 283 g/mol. The van der Waals surface area contributed by atoms with E-state index < -0.39 is 6.10 Å². The summed E-state index contributed by atoms with van der Waals surface area (Å²) in [6, 6.07) is 3.69. The van der Waals surface area contributed by atoms with Crippen molar-refractivity contribution in [2.45, 2.75) is 38.6 Å². The number of hydrogen-bond acceptors (Lipinski definition) is 5. The minimum Gasteiger partial charge on any atom is -0.467 e. The van der Waals surface area contributed by atoms with Gasteiger partial charge in [0.1, 0.15) is 12.4 Å². The van der Waals surface area contributed by atoms with Gasteiger partial charge < -0.3 is 19.0 Å². The minimum absolute atomic E-state index is 0.310. The van der Waals surface area contributed by atoms with Crippen LogP contribution in [-0.2, 0) is 16.1 Å². The molecule has 0 saturated carbocycles. The van der Waals surface area contributed by atoms with Gasteiger partial charge in [0.05, 0.1) is 25.1 Å². The number of nitrogens with zero attached hydrogens (tertiary/aromatic N) is 1. The number of aliphatic hydroxyl groups excluding tert-OH is 1. The maximum Gasteiger partial charge on any atom is 0.129 e. The molecule has 0 amide bonds. The number of likely N-dealkylation sites (tertiary alicyclic amines) is 1. The molecule has 0 aromatic carbocycles. The van der Waals surface area contributed by atoms with Crippen molar-refractivity contribution in [3.05, 3.63) is 24.2 Å². The van der Waals surface area contributed by atoms with E-state index >= 15 is 0 Å². The molecule has 1 saturated heterocycles. The van der Waals surface area contributed by atoms with Crippen LogP contribution in [0.4, 0.5) is 0 Å². The summed E-state index contributed by atoms with van der Waals surface area (Å²) in [7, 11) is 0. The van der Waals surface area contributed by atoms with Crippen LogP contribution in [0.15, 0.2) is 22.8 Å². The second kappa shape index (κ2) is 8.42. The Kier molecular flexibility index (Phi) is 6.53. The van der Waals surface area contributed by atoms with Gasteiger partial charge in [-0.3, -0.25) is 4.90 Å². The largest absolute Gasteiger partial charge is 0.467 e. The topological polar surface area (TPSA) is 55.1 Å². The molecule has 2 heterocycles. The molecule has 20 heavy (non-hydrogen) atoms. The Bertz CT molecular complexity index is 353. The maximum absolute atomic E-state index is 10.0. The molecule has 2 atom stereocenters. The first kappa shape index (κ1) is 15.5. The monoisotopic (exact) mass is 283 g/mol. The molecule has 1 aliphatic rings. The molecule has 5 nitrogen and oxygen atoms in total. The standard InChI is InChI=1S/C15H25NO4/c1-2-19-14-5-3-7-16(10-14)9-13(17)11-18-12-15-6-4-8-20-15/h4,6,8,13-14,17H,2-3,5,7,9-12H2,1H3. The van der Waals surface area contributed by atoms with Crippen LogP contribution in [0.5, 0.6) is 0 Å². The van der Waals surface area contributed by atoms with Gasteiger partial charge in [-0.2, -0.15) is 0 Å². The predicted molar refractivity (Wildman–Crippen MR) is 75.5 cm³/mol. The summed E-state index contributed by atoms with van der Waals surface area (Å²) >= 11 is 0. The Morgan fingerprint density at radius 1 is 1.55 bits per heavy atom. The fourth-order valence-electron chi connectivity index (χ4n) is 2.59. The normalized spacial score (nSPS) is 22.0. The molecule has 2 unspecified atom stereocenters. The molecule has 1 aromatic rings. The number of β-amino-alcohol motifs (C(OH)–C–C–N with tert-alkyl or cyclic N) is 1. The van der Waals surface area contributed by atoms with Gasteiger partial charge in [-0.05, 0) is 38.4 Å². The molecule has 1 aliphatic heterocycles. The third-order valence-corrected chi connectivity index (χ3v) is 3.47. The van der Waals surface area contributed by atoms with Crippen molar-refractivity contribution in [1.82, 2.24) is 4.90 Å². The lowest BCUT2D eigenvalue weighted by atomic mass is 10.1. The molecule has 1 aromatic heterocycles. The van der Waals surface area contributed by atoms with E-state index in [1.54, 1.807) is 6.26 Å².